The van der Waals surface area contributed by atoms with Crippen molar-refractivity contribution in [2.24, 2.45) is 0 Å². The van der Waals surface area contributed by atoms with Crippen LogP contribution in [0.5, 0.6) is 0 Å². The third-order valence-electron chi connectivity index (χ3n) is 3.98. The molecule has 2 unspecified atom stereocenters. The lowest BCUT2D eigenvalue weighted by Crippen LogP contribution is -2.47. The lowest BCUT2D eigenvalue weighted by Gasteiger charge is -2.43. The van der Waals surface area contributed by atoms with Gasteiger partial charge in [0.05, 0.1) is 0 Å². The molecule has 3 rings (SSSR count). The van der Waals surface area contributed by atoms with E-state index in [-0.39, 0.29) is 0 Å². The quantitative estimate of drug-likeness (QED) is 0.708. The summed E-state index contributed by atoms with van der Waals surface area (Å²) in [6.07, 6.45) is 3.85. The summed E-state index contributed by atoms with van der Waals surface area (Å²) in [6, 6.07) is 7.87. The van der Waals surface area contributed by atoms with E-state index in [0.29, 0.717) is 6.04 Å². The van der Waals surface area contributed by atoms with E-state index in [0.717, 1.165) is 11.7 Å². The number of nitrogens with two attached hydrogens (primary N) is 1. The number of aryl methyl sites for hydroxylation is 1. The van der Waals surface area contributed by atoms with E-state index in [1.165, 1.54) is 36.9 Å². The minimum absolute atomic E-state index is 0.671. The molecule has 1 heterocycles. The molecule has 1 aliphatic heterocycles. The van der Waals surface area contributed by atoms with Crippen LogP contribution in [0.2, 0.25) is 0 Å². The molecule has 80 valence electrons. The molecule has 2 atom stereocenters. The molecule has 1 aromatic carbocycles. The maximum absolute atomic E-state index is 5.81. The molecule has 0 spiro atoms. The predicted octanol–water partition coefficient (Wildman–Crippen LogP) is 2.35. The number of fused-ring (bicyclic) bond motifs is 1. The monoisotopic (exact) mass is 202 g/mol. The Hall–Kier alpha value is -1.02. The maximum atomic E-state index is 5.81. The van der Waals surface area contributed by atoms with Gasteiger partial charge in [0.15, 0.2) is 0 Å². The van der Waals surface area contributed by atoms with Gasteiger partial charge >= 0.3 is 0 Å². The standard InChI is InChI=1S/C13H18N2/c1-9-6-7-15(9)13-5-2-10-8-11(14)3-4-12(10)13/h3-4,8-9,13H,2,5-7,14H2,1H3. The van der Waals surface area contributed by atoms with Crippen LogP contribution in [0.25, 0.3) is 0 Å². The second-order valence-electron chi connectivity index (χ2n) is 4.89. The molecule has 2 nitrogen and oxygen atoms in total. The Balaban J connectivity index is 1.91. The summed E-state index contributed by atoms with van der Waals surface area (Å²) in [5, 5.41) is 0. The SMILES string of the molecule is CC1CCN1C1CCc2cc(N)ccc21. The van der Waals surface area contributed by atoms with E-state index < -0.39 is 0 Å². The average molecular weight is 202 g/mol. The van der Waals surface area contributed by atoms with E-state index in [9.17, 15) is 0 Å². The van der Waals surface area contributed by atoms with Gasteiger partial charge in [-0.15, -0.1) is 0 Å². The molecule has 2 N–H and O–H groups in total. The van der Waals surface area contributed by atoms with Gasteiger partial charge in [0, 0.05) is 24.3 Å². The molecule has 1 aromatic rings. The Morgan fingerprint density at radius 1 is 1.33 bits per heavy atom. The van der Waals surface area contributed by atoms with Crippen LogP contribution in [0, 0.1) is 0 Å². The molecular formula is C13H18N2. The van der Waals surface area contributed by atoms with Crippen LogP contribution in [-0.2, 0) is 6.42 Å². The van der Waals surface area contributed by atoms with Crippen LogP contribution in [0.4, 0.5) is 5.69 Å². The van der Waals surface area contributed by atoms with Crippen molar-refractivity contribution < 1.29 is 0 Å². The molecule has 2 heteroatoms. The fraction of sp³-hybridized carbons (Fsp3) is 0.538. The molecule has 1 aliphatic carbocycles. The first-order valence-corrected chi connectivity index (χ1v) is 5.90. The smallest absolute Gasteiger partial charge is 0.0356 e. The van der Waals surface area contributed by atoms with Gasteiger partial charge in [0.1, 0.15) is 0 Å². The summed E-state index contributed by atoms with van der Waals surface area (Å²) in [4.78, 5) is 2.63. The van der Waals surface area contributed by atoms with Crippen molar-refractivity contribution in [1.82, 2.24) is 4.90 Å². The van der Waals surface area contributed by atoms with E-state index in [4.69, 9.17) is 5.73 Å². The molecule has 2 aliphatic rings. The van der Waals surface area contributed by atoms with E-state index in [2.05, 4.69) is 24.0 Å². The number of benzene rings is 1. The van der Waals surface area contributed by atoms with Crippen molar-refractivity contribution in [3.63, 3.8) is 0 Å². The van der Waals surface area contributed by atoms with Crippen LogP contribution in [0.1, 0.15) is 36.9 Å². The van der Waals surface area contributed by atoms with Crippen LogP contribution >= 0.6 is 0 Å². The number of anilines is 1. The van der Waals surface area contributed by atoms with Crippen molar-refractivity contribution in [3.05, 3.63) is 29.3 Å². The van der Waals surface area contributed by atoms with E-state index in [1.54, 1.807) is 0 Å². The fourth-order valence-electron chi connectivity index (χ4n) is 2.96. The van der Waals surface area contributed by atoms with Gasteiger partial charge < -0.3 is 5.73 Å². The molecule has 15 heavy (non-hydrogen) atoms. The largest absolute Gasteiger partial charge is 0.399 e. The predicted molar refractivity (Wildman–Crippen MR) is 62.7 cm³/mol. The fourth-order valence-corrected chi connectivity index (χ4v) is 2.96. The number of hydrogen-bond acceptors (Lipinski definition) is 2. The molecule has 0 bridgehead atoms. The summed E-state index contributed by atoms with van der Waals surface area (Å²) in [5.41, 5.74) is 9.72. The highest BCUT2D eigenvalue weighted by Gasteiger charge is 2.35. The zero-order valence-electron chi connectivity index (χ0n) is 9.24. The van der Waals surface area contributed by atoms with E-state index >= 15 is 0 Å². The number of nitrogen functional groups attached to an aromatic ring is 1. The van der Waals surface area contributed by atoms with Gasteiger partial charge in [-0.25, -0.2) is 0 Å². The third-order valence-corrected chi connectivity index (χ3v) is 3.98. The zero-order chi connectivity index (χ0) is 10.4. The van der Waals surface area contributed by atoms with Crippen molar-refractivity contribution in [2.75, 3.05) is 12.3 Å². The Bertz CT molecular complexity index is 386. The highest BCUT2D eigenvalue weighted by molar-refractivity contribution is 5.47. The third kappa shape index (κ3) is 1.36. The molecule has 0 radical (unpaired) electrons. The summed E-state index contributed by atoms with van der Waals surface area (Å²) < 4.78 is 0. The number of nitrogens with zero attached hydrogens (tertiary/aromatic N) is 1. The minimum atomic E-state index is 0.671. The van der Waals surface area contributed by atoms with Gasteiger partial charge in [0.2, 0.25) is 0 Å². The Morgan fingerprint density at radius 2 is 2.20 bits per heavy atom. The van der Waals surface area contributed by atoms with Crippen molar-refractivity contribution in [3.8, 4) is 0 Å². The average Bonchev–Trinajstić information content (AvgIpc) is 2.59. The molecule has 0 aromatic heterocycles. The first kappa shape index (κ1) is 9.22. The summed E-state index contributed by atoms with van der Waals surface area (Å²) in [7, 11) is 0. The summed E-state index contributed by atoms with van der Waals surface area (Å²) in [5.74, 6) is 0. The van der Waals surface area contributed by atoms with Crippen LogP contribution in [0.3, 0.4) is 0 Å². The highest BCUT2D eigenvalue weighted by Crippen LogP contribution is 2.40. The lowest BCUT2D eigenvalue weighted by atomic mass is 9.97. The topological polar surface area (TPSA) is 29.3 Å². The molecule has 0 saturated carbocycles. The first-order chi connectivity index (χ1) is 7.25. The second-order valence-corrected chi connectivity index (χ2v) is 4.89. The number of rotatable bonds is 1. The second kappa shape index (κ2) is 3.24. The van der Waals surface area contributed by atoms with Gasteiger partial charge in [-0.3, -0.25) is 4.90 Å². The van der Waals surface area contributed by atoms with Crippen LogP contribution in [-0.4, -0.2) is 17.5 Å². The minimum Gasteiger partial charge on any atom is -0.399 e. The highest BCUT2D eigenvalue weighted by atomic mass is 15.2. The van der Waals surface area contributed by atoms with Crippen molar-refractivity contribution >= 4 is 5.69 Å². The molecular weight excluding hydrogens is 184 g/mol. The summed E-state index contributed by atoms with van der Waals surface area (Å²) >= 11 is 0. The van der Waals surface area contributed by atoms with Crippen molar-refractivity contribution in [1.29, 1.82) is 0 Å². The Labute approximate surface area is 91.1 Å². The maximum Gasteiger partial charge on any atom is 0.0356 e. The van der Waals surface area contributed by atoms with Crippen molar-refractivity contribution in [2.45, 2.75) is 38.3 Å². The lowest BCUT2D eigenvalue weighted by molar-refractivity contribution is 0.0525. The van der Waals surface area contributed by atoms with Gasteiger partial charge in [-0.1, -0.05) is 6.07 Å². The Morgan fingerprint density at radius 3 is 2.87 bits per heavy atom. The van der Waals surface area contributed by atoms with E-state index in [1.807, 2.05) is 6.07 Å². The Kier molecular flexibility index (Phi) is 1.99. The molecule has 1 saturated heterocycles. The summed E-state index contributed by atoms with van der Waals surface area (Å²) in [6.45, 7) is 3.61. The van der Waals surface area contributed by atoms with Gasteiger partial charge in [-0.05, 0) is 49.4 Å². The van der Waals surface area contributed by atoms with Crippen LogP contribution < -0.4 is 5.73 Å². The number of likely N-dealkylation sites (tertiary alicyclic amines) is 1. The zero-order valence-corrected chi connectivity index (χ0v) is 9.24. The molecule has 0 amide bonds. The normalized spacial score (nSPS) is 29.9. The van der Waals surface area contributed by atoms with Crippen LogP contribution in [0.15, 0.2) is 18.2 Å². The number of hydrogen-bond donors (Lipinski definition) is 1. The van der Waals surface area contributed by atoms with Gasteiger partial charge in [-0.2, -0.15) is 0 Å². The first-order valence-electron chi connectivity index (χ1n) is 5.90. The molecule has 1 fully saturated rings. The van der Waals surface area contributed by atoms with Gasteiger partial charge in [0.25, 0.3) is 0 Å².